The summed E-state index contributed by atoms with van der Waals surface area (Å²) in [6, 6.07) is 3.64. The van der Waals surface area contributed by atoms with Crippen molar-refractivity contribution in [3.63, 3.8) is 0 Å². The minimum absolute atomic E-state index is 0.0675. The van der Waals surface area contributed by atoms with Gasteiger partial charge < -0.3 is 5.73 Å². The van der Waals surface area contributed by atoms with Gasteiger partial charge in [0.25, 0.3) is 0 Å². The van der Waals surface area contributed by atoms with Crippen LogP contribution >= 0.6 is 0 Å². The molecule has 1 aromatic rings. The molecule has 1 heterocycles. The van der Waals surface area contributed by atoms with Crippen molar-refractivity contribution in [1.29, 1.82) is 0 Å². The molecule has 2 rings (SSSR count). The Labute approximate surface area is 81.1 Å². The van der Waals surface area contributed by atoms with Gasteiger partial charge in [0.2, 0.25) is 5.92 Å². The molecule has 4 heteroatoms. The maximum absolute atomic E-state index is 12.6. The van der Waals surface area contributed by atoms with Crippen molar-refractivity contribution in [1.82, 2.24) is 4.98 Å². The fourth-order valence-corrected chi connectivity index (χ4v) is 1.67. The van der Waals surface area contributed by atoms with E-state index in [2.05, 4.69) is 4.98 Å². The minimum atomic E-state index is -2.47. The maximum Gasteiger partial charge on any atom is 0.249 e. The van der Waals surface area contributed by atoms with Gasteiger partial charge in [0.05, 0.1) is 0 Å². The van der Waals surface area contributed by atoms with Crippen molar-refractivity contribution in [3.8, 4) is 0 Å². The van der Waals surface area contributed by atoms with E-state index in [4.69, 9.17) is 5.73 Å². The molecular formula is C10H12F2N2. The van der Waals surface area contributed by atoms with E-state index in [-0.39, 0.29) is 18.8 Å². The zero-order valence-corrected chi connectivity index (χ0v) is 7.71. The second-order valence-electron chi connectivity index (χ2n) is 3.76. The summed E-state index contributed by atoms with van der Waals surface area (Å²) in [5.41, 5.74) is 7.09. The van der Waals surface area contributed by atoms with Crippen LogP contribution in [0.2, 0.25) is 0 Å². The molecule has 0 atom stereocenters. The van der Waals surface area contributed by atoms with E-state index in [9.17, 15) is 8.78 Å². The predicted molar refractivity (Wildman–Crippen MR) is 49.1 cm³/mol. The molecule has 2 nitrogen and oxygen atoms in total. The van der Waals surface area contributed by atoms with Gasteiger partial charge in [-0.2, -0.15) is 0 Å². The predicted octanol–water partition coefficient (Wildman–Crippen LogP) is 2.05. The van der Waals surface area contributed by atoms with Gasteiger partial charge in [-0.1, -0.05) is 6.07 Å². The van der Waals surface area contributed by atoms with Gasteiger partial charge in [0.15, 0.2) is 0 Å². The zero-order chi connectivity index (χ0) is 10.2. The molecule has 1 fully saturated rings. The average Bonchev–Trinajstić information content (AvgIpc) is 2.14. The Bertz CT molecular complexity index is 313. The Morgan fingerprint density at radius 1 is 1.43 bits per heavy atom. The first-order chi connectivity index (χ1) is 6.61. The Kier molecular flexibility index (Phi) is 2.23. The largest absolute Gasteiger partial charge is 0.326 e. The van der Waals surface area contributed by atoms with Crippen LogP contribution in [0.1, 0.15) is 30.0 Å². The van der Waals surface area contributed by atoms with Gasteiger partial charge in [0, 0.05) is 37.2 Å². The van der Waals surface area contributed by atoms with Crippen molar-refractivity contribution in [2.45, 2.75) is 31.2 Å². The number of hydrogen-bond acceptors (Lipinski definition) is 2. The van der Waals surface area contributed by atoms with Crippen LogP contribution in [-0.4, -0.2) is 10.9 Å². The van der Waals surface area contributed by atoms with Gasteiger partial charge in [0.1, 0.15) is 0 Å². The highest BCUT2D eigenvalue weighted by atomic mass is 19.3. The van der Waals surface area contributed by atoms with E-state index in [1.165, 1.54) is 0 Å². The summed E-state index contributed by atoms with van der Waals surface area (Å²) in [6.45, 7) is 0.439. The second kappa shape index (κ2) is 3.28. The molecule has 0 bridgehead atoms. The van der Waals surface area contributed by atoms with Crippen LogP contribution in [0, 0.1) is 0 Å². The van der Waals surface area contributed by atoms with Gasteiger partial charge in [-0.05, 0) is 11.6 Å². The lowest BCUT2D eigenvalue weighted by molar-refractivity contribution is -0.0876. The third-order valence-corrected chi connectivity index (χ3v) is 2.59. The molecule has 2 N–H and O–H groups in total. The Morgan fingerprint density at radius 3 is 2.57 bits per heavy atom. The first kappa shape index (κ1) is 9.52. The molecule has 1 aliphatic carbocycles. The number of nitrogens with zero attached hydrogens (tertiary/aromatic N) is 1. The van der Waals surface area contributed by atoms with Gasteiger partial charge in [-0.15, -0.1) is 0 Å². The molecule has 1 aromatic heterocycles. The fourth-order valence-electron chi connectivity index (χ4n) is 1.67. The van der Waals surface area contributed by atoms with Crippen LogP contribution in [0.15, 0.2) is 18.3 Å². The van der Waals surface area contributed by atoms with E-state index in [1.54, 1.807) is 12.3 Å². The van der Waals surface area contributed by atoms with Crippen molar-refractivity contribution in [2.24, 2.45) is 5.73 Å². The highest BCUT2D eigenvalue weighted by Gasteiger charge is 2.46. The third-order valence-electron chi connectivity index (χ3n) is 2.59. The summed E-state index contributed by atoms with van der Waals surface area (Å²) in [7, 11) is 0. The van der Waals surface area contributed by atoms with E-state index < -0.39 is 5.92 Å². The number of aromatic nitrogens is 1. The van der Waals surface area contributed by atoms with Crippen molar-refractivity contribution >= 4 is 0 Å². The SMILES string of the molecule is NCc1ccc(C2CC(F)(F)C2)nc1. The Hall–Kier alpha value is -1.03. The number of halogens is 2. The monoisotopic (exact) mass is 198 g/mol. The normalized spacial score (nSPS) is 20.5. The lowest BCUT2D eigenvalue weighted by atomic mass is 9.79. The van der Waals surface area contributed by atoms with Crippen LogP contribution in [0.5, 0.6) is 0 Å². The number of nitrogens with two attached hydrogens (primary N) is 1. The fraction of sp³-hybridized carbons (Fsp3) is 0.500. The lowest BCUT2D eigenvalue weighted by Gasteiger charge is -2.34. The van der Waals surface area contributed by atoms with Crippen LogP contribution in [0.3, 0.4) is 0 Å². The molecule has 0 radical (unpaired) electrons. The molecule has 0 amide bonds. The number of hydrogen-bond donors (Lipinski definition) is 1. The molecule has 0 aliphatic heterocycles. The summed E-state index contributed by atoms with van der Waals surface area (Å²) >= 11 is 0. The van der Waals surface area contributed by atoms with E-state index in [1.807, 2.05) is 6.07 Å². The molecule has 0 unspecified atom stereocenters. The van der Waals surface area contributed by atoms with Crippen LogP contribution in [0.4, 0.5) is 8.78 Å². The highest BCUT2D eigenvalue weighted by Crippen LogP contribution is 2.47. The summed E-state index contributed by atoms with van der Waals surface area (Å²) in [5, 5.41) is 0. The van der Waals surface area contributed by atoms with Crippen molar-refractivity contribution in [2.75, 3.05) is 0 Å². The topological polar surface area (TPSA) is 38.9 Å². The standard InChI is InChI=1S/C10H12F2N2/c11-10(12)3-8(4-10)9-2-1-7(5-13)6-14-9/h1-2,6,8H,3-5,13H2. The molecule has 0 aromatic carbocycles. The van der Waals surface area contributed by atoms with Gasteiger partial charge in [-0.3, -0.25) is 4.98 Å². The highest BCUT2D eigenvalue weighted by molar-refractivity contribution is 5.19. The van der Waals surface area contributed by atoms with Gasteiger partial charge in [-0.25, -0.2) is 8.78 Å². The molecule has 1 saturated carbocycles. The summed E-state index contributed by atoms with van der Waals surface area (Å²) in [6.07, 6.45) is 1.52. The zero-order valence-electron chi connectivity index (χ0n) is 7.71. The van der Waals surface area contributed by atoms with Crippen LogP contribution < -0.4 is 5.73 Å². The molecular weight excluding hydrogens is 186 g/mol. The minimum Gasteiger partial charge on any atom is -0.326 e. The number of rotatable bonds is 2. The van der Waals surface area contributed by atoms with E-state index in [0.29, 0.717) is 6.54 Å². The van der Waals surface area contributed by atoms with Crippen molar-refractivity contribution < 1.29 is 8.78 Å². The van der Waals surface area contributed by atoms with E-state index >= 15 is 0 Å². The number of pyridine rings is 1. The average molecular weight is 198 g/mol. The molecule has 0 saturated heterocycles. The summed E-state index contributed by atoms with van der Waals surface area (Å²) < 4.78 is 25.1. The van der Waals surface area contributed by atoms with Gasteiger partial charge >= 0.3 is 0 Å². The number of alkyl halides is 2. The quantitative estimate of drug-likeness (QED) is 0.789. The lowest BCUT2D eigenvalue weighted by Crippen LogP contribution is -2.34. The van der Waals surface area contributed by atoms with Crippen LogP contribution in [-0.2, 0) is 6.54 Å². The molecule has 14 heavy (non-hydrogen) atoms. The smallest absolute Gasteiger partial charge is 0.249 e. The third kappa shape index (κ3) is 1.75. The Morgan fingerprint density at radius 2 is 2.14 bits per heavy atom. The Balaban J connectivity index is 2.05. The summed E-state index contributed by atoms with van der Waals surface area (Å²) in [5.74, 6) is -2.55. The molecule has 1 aliphatic rings. The summed E-state index contributed by atoms with van der Waals surface area (Å²) in [4.78, 5) is 4.12. The van der Waals surface area contributed by atoms with Crippen LogP contribution in [0.25, 0.3) is 0 Å². The molecule has 0 spiro atoms. The maximum atomic E-state index is 12.6. The second-order valence-corrected chi connectivity index (χ2v) is 3.76. The molecule has 76 valence electrons. The first-order valence-corrected chi connectivity index (χ1v) is 4.63. The first-order valence-electron chi connectivity index (χ1n) is 4.63. The van der Waals surface area contributed by atoms with E-state index in [0.717, 1.165) is 11.3 Å². The van der Waals surface area contributed by atoms with Crippen molar-refractivity contribution in [3.05, 3.63) is 29.6 Å².